The van der Waals surface area contributed by atoms with Crippen LogP contribution in [0.2, 0.25) is 0 Å². The van der Waals surface area contributed by atoms with Crippen LogP contribution in [0.1, 0.15) is 33.6 Å². The molecule has 2 saturated heterocycles. The maximum absolute atomic E-state index is 12.5. The first kappa shape index (κ1) is 17.0. The zero-order valence-electron chi connectivity index (χ0n) is 14.9. The van der Waals surface area contributed by atoms with Crippen molar-refractivity contribution >= 4 is 17.9 Å². The van der Waals surface area contributed by atoms with Gasteiger partial charge in [0.25, 0.3) is 0 Å². The molecule has 134 valence electrons. The van der Waals surface area contributed by atoms with Gasteiger partial charge >= 0.3 is 12.0 Å². The summed E-state index contributed by atoms with van der Waals surface area (Å²) in [6.07, 6.45) is 1.43. The molecule has 0 aromatic carbocycles. The molecule has 3 fully saturated rings. The van der Waals surface area contributed by atoms with E-state index < -0.39 is 5.41 Å². The van der Waals surface area contributed by atoms with Gasteiger partial charge in [0, 0.05) is 32.1 Å². The molecule has 0 aromatic heterocycles. The monoisotopic (exact) mass is 337 g/mol. The quantitative estimate of drug-likeness (QED) is 0.774. The predicted octanol–water partition coefficient (Wildman–Crippen LogP) is 0.836. The van der Waals surface area contributed by atoms with E-state index in [4.69, 9.17) is 4.74 Å². The number of esters is 1. The normalized spacial score (nSPS) is 38.4. The molecule has 3 aliphatic rings. The lowest BCUT2D eigenvalue weighted by Gasteiger charge is -2.25. The maximum atomic E-state index is 12.5. The molecule has 1 aliphatic carbocycles. The third-order valence-corrected chi connectivity index (χ3v) is 5.99. The van der Waals surface area contributed by atoms with Crippen LogP contribution in [0.4, 0.5) is 4.79 Å². The van der Waals surface area contributed by atoms with Gasteiger partial charge in [0.05, 0.1) is 18.6 Å². The molecule has 0 radical (unpaired) electrons. The van der Waals surface area contributed by atoms with Crippen molar-refractivity contribution in [2.75, 3.05) is 26.7 Å². The van der Waals surface area contributed by atoms with E-state index >= 15 is 0 Å². The molecule has 1 saturated carbocycles. The first-order valence-corrected chi connectivity index (χ1v) is 8.69. The number of urea groups is 1. The van der Waals surface area contributed by atoms with Crippen molar-refractivity contribution in [1.82, 2.24) is 15.1 Å². The molecule has 3 rings (SSSR count). The Hall–Kier alpha value is -1.79. The fraction of sp³-hybridized carbons (Fsp3) is 0.824. The summed E-state index contributed by atoms with van der Waals surface area (Å²) in [4.78, 5) is 40.2. The molecule has 7 nitrogen and oxygen atoms in total. The lowest BCUT2D eigenvalue weighted by atomic mass is 9.81. The number of rotatable bonds is 3. The van der Waals surface area contributed by atoms with Gasteiger partial charge in [-0.2, -0.15) is 0 Å². The highest BCUT2D eigenvalue weighted by Gasteiger charge is 2.49. The van der Waals surface area contributed by atoms with Crippen molar-refractivity contribution in [2.24, 2.45) is 17.3 Å². The number of hydrogen-bond donors (Lipinski definition) is 1. The fourth-order valence-corrected chi connectivity index (χ4v) is 3.95. The van der Waals surface area contributed by atoms with E-state index in [1.165, 1.54) is 7.11 Å². The predicted molar refractivity (Wildman–Crippen MR) is 87.1 cm³/mol. The molecule has 7 heteroatoms. The number of carbonyl (C=O) groups excluding carboxylic acids is 3. The van der Waals surface area contributed by atoms with Gasteiger partial charge in [0.2, 0.25) is 5.91 Å². The van der Waals surface area contributed by atoms with Gasteiger partial charge in [0.1, 0.15) is 0 Å². The topological polar surface area (TPSA) is 79.0 Å². The maximum Gasteiger partial charge on any atom is 0.317 e. The van der Waals surface area contributed by atoms with E-state index in [-0.39, 0.29) is 29.9 Å². The summed E-state index contributed by atoms with van der Waals surface area (Å²) in [6, 6.07) is 0.0184. The second-order valence-corrected chi connectivity index (χ2v) is 7.87. The summed E-state index contributed by atoms with van der Waals surface area (Å²) in [7, 11) is 1.38. The molecule has 0 bridgehead atoms. The van der Waals surface area contributed by atoms with Crippen molar-refractivity contribution in [2.45, 2.75) is 45.7 Å². The van der Waals surface area contributed by atoms with E-state index in [2.05, 4.69) is 12.2 Å². The zero-order valence-corrected chi connectivity index (χ0v) is 14.9. The van der Waals surface area contributed by atoms with E-state index in [1.54, 1.807) is 4.90 Å². The van der Waals surface area contributed by atoms with Crippen molar-refractivity contribution < 1.29 is 19.1 Å². The van der Waals surface area contributed by atoms with Gasteiger partial charge < -0.3 is 19.9 Å². The van der Waals surface area contributed by atoms with Gasteiger partial charge in [0.15, 0.2) is 0 Å². The molecule has 0 unspecified atom stereocenters. The summed E-state index contributed by atoms with van der Waals surface area (Å²) < 4.78 is 4.89. The Balaban J connectivity index is 1.56. The van der Waals surface area contributed by atoms with E-state index in [9.17, 15) is 14.4 Å². The minimum Gasteiger partial charge on any atom is -0.469 e. The van der Waals surface area contributed by atoms with Crippen molar-refractivity contribution in [3.05, 3.63) is 0 Å². The van der Waals surface area contributed by atoms with Crippen LogP contribution in [-0.2, 0) is 14.3 Å². The number of carbonyl (C=O) groups is 3. The van der Waals surface area contributed by atoms with Crippen molar-refractivity contribution in [3.63, 3.8) is 0 Å². The Morgan fingerprint density at radius 2 is 1.96 bits per heavy atom. The number of ether oxygens (including phenoxy) is 1. The van der Waals surface area contributed by atoms with Crippen LogP contribution >= 0.6 is 0 Å². The average molecular weight is 337 g/mol. The SMILES string of the molecule is COC(=O)[C@]1(C)CN(C(=O)N[C@@H]2CC(=O)N([C@H]3C[C@H]3C)C2)C[C@H]1C. The molecule has 24 heavy (non-hydrogen) atoms. The number of hydrogen-bond acceptors (Lipinski definition) is 4. The Labute approximate surface area is 142 Å². The second-order valence-electron chi connectivity index (χ2n) is 7.87. The summed E-state index contributed by atoms with van der Waals surface area (Å²) in [6.45, 7) is 7.39. The summed E-state index contributed by atoms with van der Waals surface area (Å²) >= 11 is 0. The second kappa shape index (κ2) is 5.93. The molecule has 0 spiro atoms. The molecule has 1 N–H and O–H groups in total. The molecule has 3 amide bonds. The molecular formula is C17H27N3O4. The van der Waals surface area contributed by atoms with Crippen LogP contribution in [0, 0.1) is 17.3 Å². The Morgan fingerprint density at radius 1 is 1.29 bits per heavy atom. The van der Waals surface area contributed by atoms with Crippen LogP contribution in [0.25, 0.3) is 0 Å². The number of likely N-dealkylation sites (tertiary alicyclic amines) is 2. The first-order valence-electron chi connectivity index (χ1n) is 8.69. The smallest absolute Gasteiger partial charge is 0.317 e. The van der Waals surface area contributed by atoms with E-state index in [0.29, 0.717) is 38.0 Å². The van der Waals surface area contributed by atoms with Crippen molar-refractivity contribution in [3.8, 4) is 0 Å². The third kappa shape index (κ3) is 2.84. The molecule has 5 atom stereocenters. The molecule has 2 aliphatic heterocycles. The summed E-state index contributed by atoms with van der Waals surface area (Å²) in [5.41, 5.74) is -0.674. The van der Waals surface area contributed by atoms with Gasteiger partial charge in [-0.1, -0.05) is 13.8 Å². The van der Waals surface area contributed by atoms with Gasteiger partial charge in [-0.25, -0.2) is 4.79 Å². The van der Waals surface area contributed by atoms with Crippen LogP contribution in [0.5, 0.6) is 0 Å². The third-order valence-electron chi connectivity index (χ3n) is 5.99. The Kier molecular flexibility index (Phi) is 4.21. The number of methoxy groups -OCH3 is 1. The lowest BCUT2D eigenvalue weighted by Crippen LogP contribution is -2.46. The Morgan fingerprint density at radius 3 is 2.54 bits per heavy atom. The highest BCUT2D eigenvalue weighted by molar-refractivity contribution is 5.83. The molecule has 0 aromatic rings. The van der Waals surface area contributed by atoms with E-state index in [0.717, 1.165) is 6.42 Å². The van der Waals surface area contributed by atoms with Crippen LogP contribution in [0.15, 0.2) is 0 Å². The summed E-state index contributed by atoms with van der Waals surface area (Å²) in [5.74, 6) is 0.451. The standard InChI is InChI=1S/C17H27N3O4/c1-10-5-13(10)20-8-12(6-14(20)21)18-16(23)19-7-11(2)17(3,9-19)15(22)24-4/h10-13H,5-9H2,1-4H3,(H,18,23)/t10-,11-,12-,13+,17-/m1/s1. The zero-order chi connectivity index (χ0) is 17.6. The van der Waals surface area contributed by atoms with Gasteiger partial charge in [-0.3, -0.25) is 9.59 Å². The average Bonchev–Trinajstić information content (AvgIpc) is 3.01. The minimum atomic E-state index is -0.674. The highest BCUT2D eigenvalue weighted by atomic mass is 16.5. The highest BCUT2D eigenvalue weighted by Crippen LogP contribution is 2.38. The van der Waals surface area contributed by atoms with Gasteiger partial charge in [-0.15, -0.1) is 0 Å². The summed E-state index contributed by atoms with van der Waals surface area (Å²) in [5, 5.41) is 2.97. The van der Waals surface area contributed by atoms with Crippen molar-refractivity contribution in [1.29, 1.82) is 0 Å². The number of nitrogens with one attached hydrogen (secondary N) is 1. The molecule has 2 heterocycles. The first-order chi connectivity index (χ1) is 11.3. The van der Waals surface area contributed by atoms with E-state index in [1.807, 2.05) is 18.7 Å². The minimum absolute atomic E-state index is 0.0322. The van der Waals surface area contributed by atoms with Crippen LogP contribution < -0.4 is 5.32 Å². The number of nitrogens with zero attached hydrogens (tertiary/aromatic N) is 2. The fourth-order valence-electron chi connectivity index (χ4n) is 3.95. The molecular weight excluding hydrogens is 310 g/mol. The Bertz CT molecular complexity index is 566. The number of amides is 3. The van der Waals surface area contributed by atoms with Gasteiger partial charge in [-0.05, 0) is 25.2 Å². The van der Waals surface area contributed by atoms with Crippen LogP contribution in [0.3, 0.4) is 0 Å². The lowest BCUT2D eigenvalue weighted by molar-refractivity contribution is -0.152. The van der Waals surface area contributed by atoms with Crippen LogP contribution in [-0.4, -0.2) is 66.5 Å². The largest absolute Gasteiger partial charge is 0.469 e.